The second-order valence-corrected chi connectivity index (χ2v) is 10.4. The Hall–Kier alpha value is -4.17. The second-order valence-electron chi connectivity index (χ2n) is 7.39. The zero-order chi connectivity index (χ0) is 25.1. The van der Waals surface area contributed by atoms with E-state index in [9.17, 15) is 13.2 Å². The van der Waals surface area contributed by atoms with Crippen molar-refractivity contribution in [2.45, 2.75) is 22.3 Å². The van der Waals surface area contributed by atoms with Gasteiger partial charge in [0.05, 0.1) is 10.1 Å². The van der Waals surface area contributed by atoms with Gasteiger partial charge in [-0.25, -0.2) is 23.1 Å². The van der Waals surface area contributed by atoms with Crippen LogP contribution in [0.1, 0.15) is 6.92 Å². The van der Waals surface area contributed by atoms with Crippen molar-refractivity contribution in [3.05, 3.63) is 60.9 Å². The van der Waals surface area contributed by atoms with E-state index in [-0.39, 0.29) is 34.7 Å². The lowest BCUT2D eigenvalue weighted by molar-refractivity contribution is -0.115. The molecule has 2 aromatic heterocycles. The number of carbonyl (C=O) groups is 1. The molecule has 0 saturated heterocycles. The summed E-state index contributed by atoms with van der Waals surface area (Å²) in [7, 11) is -3.87. The number of aromatic nitrogens is 4. The molecule has 14 heteroatoms. The summed E-state index contributed by atoms with van der Waals surface area (Å²) in [6.45, 7) is 1.85. The van der Waals surface area contributed by atoms with Gasteiger partial charge in [0.1, 0.15) is 0 Å². The molecule has 2 N–H and O–H groups in total. The van der Waals surface area contributed by atoms with Crippen molar-refractivity contribution in [1.82, 2.24) is 20.2 Å². The Morgan fingerprint density at radius 2 is 1.78 bits per heavy atom. The predicted octanol–water partition coefficient (Wildman–Crippen LogP) is 3.18. The Morgan fingerprint density at radius 3 is 2.56 bits per heavy atom. The molecule has 0 fully saturated rings. The summed E-state index contributed by atoms with van der Waals surface area (Å²) in [4.78, 5) is 20.3. The summed E-state index contributed by atoms with van der Waals surface area (Å²) in [5, 5.41) is 10.4. The minimum Gasteiger partial charge on any atom is -0.454 e. The van der Waals surface area contributed by atoms with Crippen LogP contribution >= 0.6 is 11.8 Å². The summed E-state index contributed by atoms with van der Waals surface area (Å²) in [6, 6.07) is 12.6. The van der Waals surface area contributed by atoms with E-state index in [1.165, 1.54) is 36.7 Å². The Kier molecular flexibility index (Phi) is 6.43. The molecule has 1 atom stereocenters. The first-order valence-corrected chi connectivity index (χ1v) is 12.8. The lowest BCUT2D eigenvalue weighted by atomic mass is 10.2. The average Bonchev–Trinajstić information content (AvgIpc) is 3.54. The molecular weight excluding hydrogens is 508 g/mol. The molecule has 0 spiro atoms. The van der Waals surface area contributed by atoms with E-state index < -0.39 is 15.3 Å². The highest BCUT2D eigenvalue weighted by molar-refractivity contribution is 8.00. The Morgan fingerprint density at radius 1 is 1.03 bits per heavy atom. The Bertz CT molecular complexity index is 1500. The number of rotatable bonds is 8. The molecular formula is C22H18N6O6S2. The van der Waals surface area contributed by atoms with E-state index in [1.54, 1.807) is 31.2 Å². The summed E-state index contributed by atoms with van der Waals surface area (Å²) >= 11 is 1.09. The van der Waals surface area contributed by atoms with Crippen LogP contribution in [-0.4, -0.2) is 46.5 Å². The third kappa shape index (κ3) is 5.23. The van der Waals surface area contributed by atoms with Gasteiger partial charge in [0, 0.05) is 23.6 Å². The highest BCUT2D eigenvalue weighted by Crippen LogP contribution is 2.36. The number of sulfonamides is 1. The molecule has 0 unspecified atom stereocenters. The van der Waals surface area contributed by atoms with Crippen LogP contribution in [0.25, 0.3) is 11.5 Å². The predicted molar refractivity (Wildman–Crippen MR) is 129 cm³/mol. The summed E-state index contributed by atoms with van der Waals surface area (Å²) < 4.78 is 43.6. The lowest BCUT2D eigenvalue weighted by Crippen LogP contribution is -2.22. The van der Waals surface area contributed by atoms with E-state index in [0.29, 0.717) is 22.7 Å². The molecule has 36 heavy (non-hydrogen) atoms. The SMILES string of the molecule is C[C@@H](Sc1nnc(-c2ccc3c(c2)OCO3)o1)C(=O)Nc1ccc(S(=O)(=O)Nc2ncccn2)cc1. The van der Waals surface area contributed by atoms with Crippen LogP contribution in [0, 0.1) is 0 Å². The number of nitrogens with zero attached hydrogens (tertiary/aromatic N) is 4. The van der Waals surface area contributed by atoms with Gasteiger partial charge in [-0.1, -0.05) is 11.8 Å². The zero-order valence-corrected chi connectivity index (χ0v) is 20.2. The van der Waals surface area contributed by atoms with Crippen molar-refractivity contribution < 1.29 is 27.1 Å². The molecule has 0 radical (unpaired) electrons. The fourth-order valence-electron chi connectivity index (χ4n) is 3.10. The molecule has 3 heterocycles. The largest absolute Gasteiger partial charge is 0.454 e. The molecule has 1 aliphatic heterocycles. The van der Waals surface area contributed by atoms with Gasteiger partial charge in [-0.15, -0.1) is 10.2 Å². The number of thioether (sulfide) groups is 1. The number of carbonyl (C=O) groups excluding carboxylic acids is 1. The van der Waals surface area contributed by atoms with Crippen LogP contribution in [0.2, 0.25) is 0 Å². The van der Waals surface area contributed by atoms with Crippen LogP contribution in [0.5, 0.6) is 11.5 Å². The van der Waals surface area contributed by atoms with Crippen molar-refractivity contribution in [2.24, 2.45) is 0 Å². The summed E-state index contributed by atoms with van der Waals surface area (Å²) in [5.41, 5.74) is 1.09. The van der Waals surface area contributed by atoms with Crippen LogP contribution in [0.4, 0.5) is 11.6 Å². The molecule has 184 valence electrons. The highest BCUT2D eigenvalue weighted by Gasteiger charge is 2.21. The number of benzene rings is 2. The average molecular weight is 527 g/mol. The topological polar surface area (TPSA) is 158 Å². The summed E-state index contributed by atoms with van der Waals surface area (Å²) in [5.74, 6) is 1.16. The standard InChI is InChI=1S/C22H18N6O6S2/c1-13(35-22-27-26-20(34-22)14-3-8-17-18(11-14)33-12-32-17)19(29)25-15-4-6-16(7-5-15)36(30,31)28-21-23-9-2-10-24-21/h2-11,13H,12H2,1H3,(H,25,29)(H,23,24,28)/t13-/m1/s1. The maximum Gasteiger partial charge on any atom is 0.277 e. The maximum atomic E-state index is 12.6. The molecule has 1 aliphatic rings. The Balaban J connectivity index is 1.19. The van der Waals surface area contributed by atoms with Gasteiger partial charge < -0.3 is 19.2 Å². The van der Waals surface area contributed by atoms with Crippen LogP contribution < -0.4 is 19.5 Å². The van der Waals surface area contributed by atoms with Gasteiger partial charge in [0.15, 0.2) is 11.5 Å². The van der Waals surface area contributed by atoms with E-state index in [4.69, 9.17) is 13.9 Å². The van der Waals surface area contributed by atoms with Gasteiger partial charge in [0.2, 0.25) is 24.5 Å². The van der Waals surface area contributed by atoms with E-state index in [0.717, 1.165) is 11.8 Å². The number of anilines is 2. The second kappa shape index (κ2) is 9.83. The van der Waals surface area contributed by atoms with Crippen molar-refractivity contribution in [3.8, 4) is 23.0 Å². The smallest absolute Gasteiger partial charge is 0.277 e. The molecule has 1 amide bonds. The number of ether oxygens (including phenoxy) is 2. The highest BCUT2D eigenvalue weighted by atomic mass is 32.2. The molecule has 2 aromatic carbocycles. The third-order valence-corrected chi connectivity index (χ3v) is 7.17. The van der Waals surface area contributed by atoms with Gasteiger partial charge in [-0.05, 0) is 55.5 Å². The molecule has 12 nitrogen and oxygen atoms in total. The van der Waals surface area contributed by atoms with Crippen LogP contribution in [-0.2, 0) is 14.8 Å². The van der Waals surface area contributed by atoms with Gasteiger partial charge in [-0.3, -0.25) is 4.79 Å². The van der Waals surface area contributed by atoms with Gasteiger partial charge in [-0.2, -0.15) is 0 Å². The normalized spacial score (nSPS) is 13.2. The first kappa shape index (κ1) is 23.6. The monoisotopic (exact) mass is 526 g/mol. The number of nitrogens with one attached hydrogen (secondary N) is 2. The minimum absolute atomic E-state index is 0.00252. The molecule has 4 aromatic rings. The lowest BCUT2D eigenvalue weighted by Gasteiger charge is -2.11. The van der Waals surface area contributed by atoms with Crippen molar-refractivity contribution in [2.75, 3.05) is 16.8 Å². The fraction of sp³-hybridized carbons (Fsp3) is 0.136. The van der Waals surface area contributed by atoms with E-state index >= 15 is 0 Å². The van der Waals surface area contributed by atoms with Crippen molar-refractivity contribution in [1.29, 1.82) is 0 Å². The first-order chi connectivity index (χ1) is 17.4. The number of hydrogen-bond acceptors (Lipinski definition) is 11. The zero-order valence-electron chi connectivity index (χ0n) is 18.6. The molecule has 0 bridgehead atoms. The van der Waals surface area contributed by atoms with Crippen molar-refractivity contribution in [3.63, 3.8) is 0 Å². The van der Waals surface area contributed by atoms with Crippen molar-refractivity contribution >= 4 is 39.3 Å². The van der Waals surface area contributed by atoms with Crippen LogP contribution in [0.15, 0.2) is 75.5 Å². The van der Waals surface area contributed by atoms with E-state index in [2.05, 4.69) is 30.2 Å². The molecule has 5 rings (SSSR count). The minimum atomic E-state index is -3.87. The fourth-order valence-corrected chi connectivity index (χ4v) is 4.74. The third-order valence-electron chi connectivity index (χ3n) is 4.90. The molecule has 0 saturated carbocycles. The molecule has 0 aliphatic carbocycles. The first-order valence-electron chi connectivity index (χ1n) is 10.5. The van der Waals surface area contributed by atoms with Crippen LogP contribution in [0.3, 0.4) is 0 Å². The number of fused-ring (bicyclic) bond motifs is 1. The maximum absolute atomic E-state index is 12.6. The van der Waals surface area contributed by atoms with Gasteiger partial charge in [0.25, 0.3) is 15.2 Å². The van der Waals surface area contributed by atoms with Gasteiger partial charge >= 0.3 is 0 Å². The quantitative estimate of drug-likeness (QED) is 0.325. The summed E-state index contributed by atoms with van der Waals surface area (Å²) in [6.07, 6.45) is 2.85. The van der Waals surface area contributed by atoms with E-state index in [1.807, 2.05) is 0 Å². The number of amides is 1. The Labute approximate surface area is 209 Å². The number of hydrogen-bond donors (Lipinski definition) is 2.